The predicted octanol–water partition coefficient (Wildman–Crippen LogP) is 2.08. The Morgan fingerprint density at radius 3 is 1.67 bits per heavy atom. The van der Waals surface area contributed by atoms with Crippen LogP contribution in [0.2, 0.25) is 26.2 Å². The maximum atomic E-state index is 5.79. The van der Waals surface area contributed by atoms with Gasteiger partial charge < -0.3 is 8.85 Å². The molecule has 1 heterocycles. The summed E-state index contributed by atoms with van der Waals surface area (Å²) in [5, 5.41) is 0. The third kappa shape index (κ3) is 1.88. The molecule has 0 amide bonds. The van der Waals surface area contributed by atoms with Gasteiger partial charge in [-0.3, -0.25) is 0 Å². The number of hydrogen-bond acceptors (Lipinski definition) is 2. The van der Waals surface area contributed by atoms with Crippen molar-refractivity contribution in [2.45, 2.75) is 26.2 Å². The van der Waals surface area contributed by atoms with E-state index in [-0.39, 0.29) is 0 Å². The van der Waals surface area contributed by atoms with Crippen LogP contribution in [0.3, 0.4) is 0 Å². The summed E-state index contributed by atoms with van der Waals surface area (Å²) in [5.74, 6) is 0. The normalized spacial score (nSPS) is 28.2. The minimum Gasteiger partial charge on any atom is -0.411 e. The van der Waals surface area contributed by atoms with E-state index in [9.17, 15) is 0 Å². The highest BCUT2D eigenvalue weighted by Gasteiger charge is 2.41. The van der Waals surface area contributed by atoms with Gasteiger partial charge in [-0.1, -0.05) is 0 Å². The first-order chi connectivity index (χ1) is 5.36. The van der Waals surface area contributed by atoms with Crippen LogP contribution in [-0.4, -0.2) is 29.8 Å². The van der Waals surface area contributed by atoms with Gasteiger partial charge in [-0.2, -0.15) is 0 Å². The minimum absolute atomic E-state index is 0.745. The Hall–Kier alpha value is 0.0938. The molecule has 0 bridgehead atoms. The SMILES string of the molecule is C=C1[Si](C)(C)OCCO[Si]1(C)C. The standard InChI is InChI=1S/C8H18O2Si2/c1-8-11(2,3)9-6-7-10-12(8,4)5/h1,6-7H2,2-5H3. The van der Waals surface area contributed by atoms with Crippen LogP contribution in [0.25, 0.3) is 0 Å². The van der Waals surface area contributed by atoms with E-state index in [1.807, 2.05) is 0 Å². The van der Waals surface area contributed by atoms with Gasteiger partial charge in [-0.25, -0.2) is 0 Å². The quantitative estimate of drug-likeness (QED) is 0.560. The van der Waals surface area contributed by atoms with Gasteiger partial charge in [0.25, 0.3) is 0 Å². The fraction of sp³-hybridized carbons (Fsp3) is 0.750. The number of hydrogen-bond donors (Lipinski definition) is 0. The van der Waals surface area contributed by atoms with Crippen LogP contribution in [0.5, 0.6) is 0 Å². The molecular formula is C8H18O2Si2. The zero-order chi connectivity index (χ0) is 9.41. The maximum Gasteiger partial charge on any atom is 0.212 e. The lowest BCUT2D eigenvalue weighted by Crippen LogP contribution is -2.44. The van der Waals surface area contributed by atoms with Gasteiger partial charge in [-0.05, 0) is 31.0 Å². The van der Waals surface area contributed by atoms with E-state index in [4.69, 9.17) is 8.85 Å². The third-order valence-corrected chi connectivity index (χ3v) is 10.8. The van der Waals surface area contributed by atoms with Gasteiger partial charge in [0.2, 0.25) is 16.6 Å². The van der Waals surface area contributed by atoms with Crippen molar-refractivity contribution in [2.75, 3.05) is 13.2 Å². The Morgan fingerprint density at radius 2 is 1.33 bits per heavy atom. The molecule has 12 heavy (non-hydrogen) atoms. The van der Waals surface area contributed by atoms with Crippen LogP contribution in [0.15, 0.2) is 11.4 Å². The minimum atomic E-state index is -1.64. The lowest BCUT2D eigenvalue weighted by molar-refractivity contribution is 0.221. The molecule has 70 valence electrons. The Labute approximate surface area is 76.8 Å². The molecule has 0 unspecified atom stereocenters. The summed E-state index contributed by atoms with van der Waals surface area (Å²) < 4.78 is 11.6. The average molecular weight is 202 g/mol. The van der Waals surface area contributed by atoms with E-state index in [2.05, 4.69) is 32.8 Å². The molecule has 1 aliphatic rings. The fourth-order valence-corrected chi connectivity index (χ4v) is 9.26. The van der Waals surface area contributed by atoms with Crippen LogP contribution in [0, 0.1) is 0 Å². The average Bonchev–Trinajstić information content (AvgIpc) is 2.02. The van der Waals surface area contributed by atoms with Crippen molar-refractivity contribution in [2.24, 2.45) is 0 Å². The highest BCUT2D eigenvalue weighted by atomic mass is 28.4. The van der Waals surface area contributed by atoms with Crippen molar-refractivity contribution in [1.29, 1.82) is 0 Å². The molecule has 1 aliphatic heterocycles. The summed E-state index contributed by atoms with van der Waals surface area (Å²) in [6, 6.07) is 0. The summed E-state index contributed by atoms with van der Waals surface area (Å²) in [6.07, 6.45) is 0. The Bertz CT molecular complexity index is 179. The van der Waals surface area contributed by atoms with Gasteiger partial charge in [0.1, 0.15) is 0 Å². The van der Waals surface area contributed by atoms with E-state index in [1.165, 1.54) is 4.82 Å². The van der Waals surface area contributed by atoms with E-state index in [0.717, 1.165) is 13.2 Å². The second-order valence-electron chi connectivity index (χ2n) is 4.20. The zero-order valence-electron chi connectivity index (χ0n) is 8.44. The molecule has 0 N–H and O–H groups in total. The monoisotopic (exact) mass is 202 g/mol. The summed E-state index contributed by atoms with van der Waals surface area (Å²) in [7, 11) is -3.27. The zero-order valence-corrected chi connectivity index (χ0v) is 10.4. The first kappa shape index (κ1) is 10.2. The summed E-state index contributed by atoms with van der Waals surface area (Å²) in [6.45, 7) is 14.5. The predicted molar refractivity (Wildman–Crippen MR) is 56.0 cm³/mol. The van der Waals surface area contributed by atoms with Gasteiger partial charge in [0.15, 0.2) is 0 Å². The molecule has 2 nitrogen and oxygen atoms in total. The van der Waals surface area contributed by atoms with Crippen molar-refractivity contribution >= 4 is 16.6 Å². The lowest BCUT2D eigenvalue weighted by atomic mass is 10.8. The maximum absolute atomic E-state index is 5.79. The van der Waals surface area contributed by atoms with E-state index in [1.54, 1.807) is 0 Å². The first-order valence-corrected chi connectivity index (χ1v) is 10.2. The molecule has 4 heteroatoms. The Balaban J connectivity index is 2.89. The van der Waals surface area contributed by atoms with Crippen LogP contribution >= 0.6 is 0 Å². The smallest absolute Gasteiger partial charge is 0.212 e. The lowest BCUT2D eigenvalue weighted by Gasteiger charge is -2.29. The molecule has 0 saturated carbocycles. The highest BCUT2D eigenvalue weighted by Crippen LogP contribution is 2.27. The molecule has 0 radical (unpaired) electrons. The topological polar surface area (TPSA) is 18.5 Å². The van der Waals surface area contributed by atoms with Crippen molar-refractivity contribution in [3.63, 3.8) is 0 Å². The van der Waals surface area contributed by atoms with Gasteiger partial charge in [0, 0.05) is 0 Å². The highest BCUT2D eigenvalue weighted by molar-refractivity contribution is 7.00. The van der Waals surface area contributed by atoms with Gasteiger partial charge in [0.05, 0.1) is 13.2 Å². The molecule has 0 atom stereocenters. The van der Waals surface area contributed by atoms with Crippen molar-refractivity contribution in [3.05, 3.63) is 11.4 Å². The Kier molecular flexibility index (Phi) is 2.63. The van der Waals surface area contributed by atoms with Crippen LogP contribution < -0.4 is 0 Å². The van der Waals surface area contributed by atoms with E-state index < -0.39 is 16.6 Å². The molecule has 1 saturated heterocycles. The molecule has 0 aromatic heterocycles. The Morgan fingerprint density at radius 1 is 1.00 bits per heavy atom. The van der Waals surface area contributed by atoms with Gasteiger partial charge in [-0.15, -0.1) is 6.58 Å². The van der Waals surface area contributed by atoms with Crippen molar-refractivity contribution < 1.29 is 8.85 Å². The second kappa shape index (κ2) is 3.10. The molecule has 0 aromatic carbocycles. The largest absolute Gasteiger partial charge is 0.411 e. The van der Waals surface area contributed by atoms with Crippen molar-refractivity contribution in [3.8, 4) is 0 Å². The van der Waals surface area contributed by atoms with Crippen LogP contribution in [0.1, 0.15) is 0 Å². The molecule has 0 aromatic rings. The number of rotatable bonds is 0. The van der Waals surface area contributed by atoms with E-state index in [0.29, 0.717) is 0 Å². The molecular weight excluding hydrogens is 184 g/mol. The molecule has 1 rings (SSSR count). The third-order valence-electron chi connectivity index (χ3n) is 2.46. The summed E-state index contributed by atoms with van der Waals surface area (Å²) in [5.41, 5.74) is 0. The fourth-order valence-electron chi connectivity index (χ4n) is 1.49. The van der Waals surface area contributed by atoms with Crippen LogP contribution in [-0.2, 0) is 8.85 Å². The first-order valence-electron chi connectivity index (χ1n) is 4.34. The van der Waals surface area contributed by atoms with E-state index >= 15 is 0 Å². The summed E-state index contributed by atoms with van der Waals surface area (Å²) >= 11 is 0. The molecule has 0 aliphatic carbocycles. The molecule has 1 fully saturated rings. The van der Waals surface area contributed by atoms with Gasteiger partial charge >= 0.3 is 0 Å². The second-order valence-corrected chi connectivity index (χ2v) is 12.5. The van der Waals surface area contributed by atoms with Crippen molar-refractivity contribution in [1.82, 2.24) is 0 Å². The summed E-state index contributed by atoms with van der Waals surface area (Å²) in [4.78, 5) is 1.28. The molecule has 0 spiro atoms. The van der Waals surface area contributed by atoms with Crippen LogP contribution in [0.4, 0.5) is 0 Å².